The number of carbonyl (C=O) groups is 3. The molecule has 1 aromatic carbocycles. The average Bonchev–Trinajstić information content (AvgIpc) is 3.49. The summed E-state index contributed by atoms with van der Waals surface area (Å²) < 4.78 is 30.3. The summed E-state index contributed by atoms with van der Waals surface area (Å²) in [5.41, 5.74) is 12.2. The van der Waals surface area contributed by atoms with Gasteiger partial charge in [-0.25, -0.2) is 13.2 Å². The number of rotatable bonds is 13. The number of sulfonamides is 1. The maximum Gasteiger partial charge on any atom is 0.326 e. The third-order valence-electron chi connectivity index (χ3n) is 5.67. The monoisotopic (exact) mass is 590 g/mol. The van der Waals surface area contributed by atoms with Crippen molar-refractivity contribution in [1.29, 1.82) is 0 Å². The lowest BCUT2D eigenvalue weighted by molar-refractivity contribution is -0.139. The van der Waals surface area contributed by atoms with Crippen molar-refractivity contribution in [2.75, 3.05) is 11.3 Å². The Kier molecular flexibility index (Phi) is 9.84. The zero-order valence-electron chi connectivity index (χ0n) is 21.7. The number of aromatic nitrogens is 2. The molecule has 3 rings (SSSR count). The standard InChI is InChI=1S/C24H30N8O6S2/c1-14-11-16(30-32(14)2)13-28-21(33)15-5-3-6-17(12-15)40(37,38)31-18-8-10-39-20(18)22(34)29-19(23(35)36)7-4-9-27-24(25)26/h3,5-6,8,10-12,19,31H,4,7,9,13H2,1-2H3,(H,28,33)(H,29,34)(H,35,36)(H4,25,26,27)/t19-/m0/s1. The number of nitrogens with zero attached hydrogens (tertiary/aromatic N) is 3. The highest BCUT2D eigenvalue weighted by molar-refractivity contribution is 7.92. The molecule has 214 valence electrons. The Morgan fingerprint density at radius 2 is 1.93 bits per heavy atom. The van der Waals surface area contributed by atoms with E-state index >= 15 is 0 Å². The second kappa shape index (κ2) is 13.1. The second-order valence-corrected chi connectivity index (χ2v) is 11.3. The molecular weight excluding hydrogens is 560 g/mol. The maximum absolute atomic E-state index is 13.1. The van der Waals surface area contributed by atoms with Gasteiger partial charge in [0.15, 0.2) is 5.96 Å². The normalized spacial score (nSPS) is 11.8. The van der Waals surface area contributed by atoms with Crippen LogP contribution in [0, 0.1) is 6.92 Å². The van der Waals surface area contributed by atoms with Crippen molar-refractivity contribution in [3.63, 3.8) is 0 Å². The van der Waals surface area contributed by atoms with E-state index in [1.54, 1.807) is 11.7 Å². The molecule has 0 aliphatic rings. The molecule has 1 atom stereocenters. The maximum atomic E-state index is 13.1. The highest BCUT2D eigenvalue weighted by Crippen LogP contribution is 2.26. The van der Waals surface area contributed by atoms with Crippen LogP contribution in [-0.4, -0.2) is 59.6 Å². The first-order valence-electron chi connectivity index (χ1n) is 11.9. The largest absolute Gasteiger partial charge is 0.480 e. The van der Waals surface area contributed by atoms with E-state index in [0.717, 1.165) is 17.0 Å². The van der Waals surface area contributed by atoms with Gasteiger partial charge in [0.25, 0.3) is 21.8 Å². The van der Waals surface area contributed by atoms with Gasteiger partial charge in [0.05, 0.1) is 22.8 Å². The van der Waals surface area contributed by atoms with Crippen molar-refractivity contribution in [1.82, 2.24) is 20.4 Å². The molecule has 0 fully saturated rings. The van der Waals surface area contributed by atoms with E-state index in [4.69, 9.17) is 11.5 Å². The molecule has 0 aliphatic heterocycles. The number of aryl methyl sites for hydroxylation is 2. The first-order chi connectivity index (χ1) is 18.9. The number of carboxylic acid groups (broad SMARTS) is 1. The molecule has 16 heteroatoms. The second-order valence-electron chi connectivity index (χ2n) is 8.69. The molecule has 0 unspecified atom stereocenters. The van der Waals surface area contributed by atoms with Gasteiger partial charge >= 0.3 is 5.97 Å². The van der Waals surface area contributed by atoms with Gasteiger partial charge in [-0.15, -0.1) is 11.3 Å². The number of hydrogen-bond acceptors (Lipinski definition) is 8. The first kappa shape index (κ1) is 30.1. The number of anilines is 1. The van der Waals surface area contributed by atoms with Crippen LogP contribution in [0.15, 0.2) is 51.7 Å². The Balaban J connectivity index is 1.68. The summed E-state index contributed by atoms with van der Waals surface area (Å²) in [4.78, 5) is 40.7. The SMILES string of the molecule is Cc1cc(CNC(=O)c2cccc(S(=O)(=O)Nc3ccsc3C(=O)N[C@@H](CCCN=C(N)N)C(=O)O)c2)nn1C. The average molecular weight is 591 g/mol. The molecule has 2 amide bonds. The predicted molar refractivity (Wildman–Crippen MR) is 149 cm³/mol. The molecule has 0 radical (unpaired) electrons. The lowest BCUT2D eigenvalue weighted by Crippen LogP contribution is -2.40. The Morgan fingerprint density at radius 1 is 1.18 bits per heavy atom. The fourth-order valence-corrected chi connectivity index (χ4v) is 5.49. The van der Waals surface area contributed by atoms with Gasteiger partial charge in [-0.3, -0.25) is 24.0 Å². The number of aliphatic imine (C=N–C) groups is 1. The Bertz CT molecular complexity index is 1510. The minimum atomic E-state index is -4.21. The molecule has 0 saturated carbocycles. The third kappa shape index (κ3) is 8.03. The van der Waals surface area contributed by atoms with E-state index in [1.807, 2.05) is 13.0 Å². The Labute approximate surface area is 234 Å². The molecule has 0 spiro atoms. The van der Waals surface area contributed by atoms with Gasteiger partial charge in [0, 0.05) is 24.8 Å². The van der Waals surface area contributed by atoms with Crippen molar-refractivity contribution in [3.8, 4) is 0 Å². The minimum Gasteiger partial charge on any atom is -0.480 e. The first-order valence-corrected chi connectivity index (χ1v) is 14.3. The number of aliphatic carboxylic acids is 1. The lowest BCUT2D eigenvalue weighted by atomic mass is 10.1. The van der Waals surface area contributed by atoms with E-state index in [0.29, 0.717) is 12.1 Å². The van der Waals surface area contributed by atoms with E-state index in [2.05, 4.69) is 25.4 Å². The van der Waals surface area contributed by atoms with Gasteiger partial charge in [0.2, 0.25) is 0 Å². The van der Waals surface area contributed by atoms with Crippen molar-refractivity contribution in [3.05, 3.63) is 63.6 Å². The summed E-state index contributed by atoms with van der Waals surface area (Å²) >= 11 is 0.936. The summed E-state index contributed by atoms with van der Waals surface area (Å²) in [5.74, 6) is -2.64. The van der Waals surface area contributed by atoms with Gasteiger partial charge in [-0.05, 0) is 55.5 Å². The summed E-state index contributed by atoms with van der Waals surface area (Å²) in [7, 11) is -2.42. The van der Waals surface area contributed by atoms with E-state index in [9.17, 15) is 27.9 Å². The minimum absolute atomic E-state index is 0.0291. The molecule has 8 N–H and O–H groups in total. The van der Waals surface area contributed by atoms with Crippen molar-refractivity contribution in [2.45, 2.75) is 37.2 Å². The third-order valence-corrected chi connectivity index (χ3v) is 7.94. The van der Waals surface area contributed by atoms with Crippen LogP contribution in [0.1, 0.15) is 44.3 Å². The van der Waals surface area contributed by atoms with Crippen LogP contribution in [0.3, 0.4) is 0 Å². The van der Waals surface area contributed by atoms with E-state index in [1.165, 1.54) is 35.7 Å². The molecule has 0 saturated heterocycles. The molecule has 0 aliphatic carbocycles. The molecule has 2 aromatic heterocycles. The van der Waals surface area contributed by atoms with E-state index in [-0.39, 0.29) is 46.5 Å². The lowest BCUT2D eigenvalue weighted by Gasteiger charge is -2.15. The zero-order chi connectivity index (χ0) is 29.4. The quantitative estimate of drug-likeness (QED) is 0.0937. The summed E-state index contributed by atoms with van der Waals surface area (Å²) in [6.45, 7) is 2.23. The highest BCUT2D eigenvalue weighted by atomic mass is 32.2. The smallest absolute Gasteiger partial charge is 0.326 e. The van der Waals surface area contributed by atoms with Gasteiger partial charge in [-0.2, -0.15) is 5.10 Å². The van der Waals surface area contributed by atoms with Crippen LogP contribution in [0.2, 0.25) is 0 Å². The van der Waals surface area contributed by atoms with Gasteiger partial charge in [-0.1, -0.05) is 6.07 Å². The molecular formula is C24H30N8O6S2. The number of nitrogens with two attached hydrogens (primary N) is 2. The van der Waals surface area contributed by atoms with Gasteiger partial charge in [0.1, 0.15) is 10.9 Å². The van der Waals surface area contributed by atoms with E-state index < -0.39 is 33.8 Å². The summed E-state index contributed by atoms with van der Waals surface area (Å²) in [5, 5.41) is 20.3. The fourth-order valence-electron chi connectivity index (χ4n) is 3.55. The Morgan fingerprint density at radius 3 is 2.58 bits per heavy atom. The number of nitrogens with one attached hydrogen (secondary N) is 3. The molecule has 2 heterocycles. The zero-order valence-corrected chi connectivity index (χ0v) is 23.4. The molecule has 14 nitrogen and oxygen atoms in total. The molecule has 3 aromatic rings. The van der Waals surface area contributed by atoms with Crippen molar-refractivity contribution in [2.24, 2.45) is 23.5 Å². The number of amides is 2. The molecule has 40 heavy (non-hydrogen) atoms. The van der Waals surface area contributed by atoms with Crippen LogP contribution >= 0.6 is 11.3 Å². The van der Waals surface area contributed by atoms with Crippen molar-refractivity contribution >= 4 is 50.8 Å². The Hall–Kier alpha value is -4.44. The fraction of sp³-hybridized carbons (Fsp3) is 0.292. The number of benzene rings is 1. The van der Waals surface area contributed by atoms with Gasteiger partial charge < -0.3 is 27.2 Å². The van der Waals surface area contributed by atoms with Crippen LogP contribution in [-0.2, 0) is 28.4 Å². The number of carboxylic acids is 1. The summed E-state index contributed by atoms with van der Waals surface area (Å²) in [6, 6.07) is 7.39. The van der Waals surface area contributed by atoms with Crippen LogP contribution in [0.4, 0.5) is 5.69 Å². The topological polar surface area (TPSA) is 224 Å². The number of carbonyl (C=O) groups excluding carboxylic acids is 2. The molecule has 0 bridgehead atoms. The van der Waals surface area contributed by atoms with Crippen LogP contribution in [0.5, 0.6) is 0 Å². The van der Waals surface area contributed by atoms with Crippen molar-refractivity contribution < 1.29 is 27.9 Å². The highest BCUT2D eigenvalue weighted by Gasteiger charge is 2.25. The number of guanidine groups is 1. The number of thiophene rings is 1. The number of hydrogen-bond donors (Lipinski definition) is 6. The van der Waals surface area contributed by atoms with Crippen LogP contribution < -0.4 is 26.8 Å². The van der Waals surface area contributed by atoms with Crippen LogP contribution in [0.25, 0.3) is 0 Å². The summed E-state index contributed by atoms with van der Waals surface area (Å²) in [6.07, 6.45) is 0.351. The predicted octanol–water partition coefficient (Wildman–Crippen LogP) is 0.757.